The summed E-state index contributed by atoms with van der Waals surface area (Å²) in [6.07, 6.45) is 0.422. The number of rotatable bonds is 9. The number of benzene rings is 4. The molecule has 0 N–H and O–H groups in total. The molecule has 1 atom stereocenters. The average molecular weight is 437 g/mol. The summed E-state index contributed by atoms with van der Waals surface area (Å²) in [6, 6.07) is 38.5. The van der Waals surface area contributed by atoms with Gasteiger partial charge in [-0.15, -0.1) is 11.8 Å². The molecule has 0 heterocycles. The lowest BCUT2D eigenvalue weighted by atomic mass is 9.85. The number of ketones is 2. The maximum atomic E-state index is 13.5. The van der Waals surface area contributed by atoms with Crippen LogP contribution in [0.3, 0.4) is 0 Å². The SMILES string of the molecule is O=C(c1ccccc1)C(CC(Sc1ccccc1)c1ccccc1)C(=O)c1ccccc1. The molecule has 0 aromatic heterocycles. The van der Waals surface area contributed by atoms with Gasteiger partial charge in [-0.1, -0.05) is 109 Å². The quantitative estimate of drug-likeness (QED) is 0.157. The van der Waals surface area contributed by atoms with Crippen LogP contribution in [-0.4, -0.2) is 11.6 Å². The summed E-state index contributed by atoms with van der Waals surface area (Å²) in [5.74, 6) is -1.02. The first-order valence-electron chi connectivity index (χ1n) is 10.7. The molecule has 2 nitrogen and oxygen atoms in total. The number of hydrogen-bond donors (Lipinski definition) is 0. The number of thioether (sulfide) groups is 1. The smallest absolute Gasteiger partial charge is 0.173 e. The second kappa shape index (κ2) is 10.7. The number of carbonyl (C=O) groups excluding carboxylic acids is 2. The van der Waals surface area contributed by atoms with Gasteiger partial charge in [0.1, 0.15) is 0 Å². The van der Waals surface area contributed by atoms with Gasteiger partial charge in [-0.05, 0) is 24.1 Å². The molecule has 0 fully saturated rings. The Hall–Kier alpha value is -3.43. The zero-order chi connectivity index (χ0) is 22.2. The van der Waals surface area contributed by atoms with E-state index < -0.39 is 5.92 Å². The van der Waals surface area contributed by atoms with Gasteiger partial charge in [-0.25, -0.2) is 0 Å². The van der Waals surface area contributed by atoms with Crippen LogP contribution in [0.5, 0.6) is 0 Å². The van der Waals surface area contributed by atoms with Gasteiger partial charge in [0.2, 0.25) is 0 Å². The van der Waals surface area contributed by atoms with Crippen molar-refractivity contribution in [3.8, 4) is 0 Å². The third kappa shape index (κ3) is 5.43. The van der Waals surface area contributed by atoms with E-state index >= 15 is 0 Å². The zero-order valence-electron chi connectivity index (χ0n) is 17.6. The number of carbonyl (C=O) groups is 2. The summed E-state index contributed by atoms with van der Waals surface area (Å²) in [7, 11) is 0. The van der Waals surface area contributed by atoms with Crippen molar-refractivity contribution in [2.45, 2.75) is 16.6 Å². The van der Waals surface area contributed by atoms with Gasteiger partial charge in [-0.2, -0.15) is 0 Å². The monoisotopic (exact) mass is 436 g/mol. The van der Waals surface area contributed by atoms with Crippen molar-refractivity contribution < 1.29 is 9.59 Å². The van der Waals surface area contributed by atoms with E-state index in [0.29, 0.717) is 17.5 Å². The molecule has 0 spiro atoms. The van der Waals surface area contributed by atoms with E-state index in [2.05, 4.69) is 24.3 Å². The molecule has 4 aromatic carbocycles. The summed E-state index contributed by atoms with van der Waals surface area (Å²) < 4.78 is 0. The molecule has 32 heavy (non-hydrogen) atoms. The molecule has 0 saturated heterocycles. The Morgan fingerprint density at radius 3 is 1.44 bits per heavy atom. The third-order valence-electron chi connectivity index (χ3n) is 5.39. The summed E-state index contributed by atoms with van der Waals surface area (Å²) >= 11 is 1.69. The van der Waals surface area contributed by atoms with Crippen molar-refractivity contribution in [1.82, 2.24) is 0 Å². The number of Topliss-reactive ketones (excluding diaryl/α,β-unsaturated/α-hetero) is 2. The van der Waals surface area contributed by atoms with Crippen LogP contribution in [0.1, 0.15) is 38.0 Å². The lowest BCUT2D eigenvalue weighted by molar-refractivity contribution is 0.0799. The molecule has 0 aliphatic carbocycles. The summed E-state index contributed by atoms with van der Waals surface area (Å²) in [4.78, 5) is 28.2. The van der Waals surface area contributed by atoms with E-state index in [1.54, 1.807) is 36.0 Å². The molecule has 0 saturated carbocycles. The largest absolute Gasteiger partial charge is 0.293 e. The van der Waals surface area contributed by atoms with Gasteiger partial charge in [0, 0.05) is 21.3 Å². The lowest BCUT2D eigenvalue weighted by Crippen LogP contribution is -2.26. The van der Waals surface area contributed by atoms with Crippen LogP contribution < -0.4 is 0 Å². The Bertz CT molecular complexity index is 1090. The van der Waals surface area contributed by atoms with Crippen molar-refractivity contribution in [3.63, 3.8) is 0 Å². The normalized spacial score (nSPS) is 11.8. The van der Waals surface area contributed by atoms with Gasteiger partial charge in [-0.3, -0.25) is 9.59 Å². The van der Waals surface area contributed by atoms with Crippen molar-refractivity contribution in [3.05, 3.63) is 138 Å². The molecule has 158 valence electrons. The fourth-order valence-electron chi connectivity index (χ4n) is 3.74. The van der Waals surface area contributed by atoms with Crippen LogP contribution in [-0.2, 0) is 0 Å². The van der Waals surface area contributed by atoms with Crippen LogP contribution >= 0.6 is 11.8 Å². The third-order valence-corrected chi connectivity index (χ3v) is 6.69. The molecule has 4 rings (SSSR count). The highest BCUT2D eigenvalue weighted by molar-refractivity contribution is 7.99. The van der Waals surface area contributed by atoms with Gasteiger partial charge >= 0.3 is 0 Å². The molecular formula is C29H24O2S. The van der Waals surface area contributed by atoms with Crippen molar-refractivity contribution in [2.75, 3.05) is 0 Å². The van der Waals surface area contributed by atoms with Gasteiger partial charge in [0.25, 0.3) is 0 Å². The fourth-order valence-corrected chi connectivity index (χ4v) is 4.96. The first kappa shape index (κ1) is 21.8. The van der Waals surface area contributed by atoms with Gasteiger partial charge in [0.05, 0.1) is 5.92 Å². The first-order valence-corrected chi connectivity index (χ1v) is 11.6. The van der Waals surface area contributed by atoms with Crippen LogP contribution in [0.2, 0.25) is 0 Å². The van der Waals surface area contributed by atoms with Crippen LogP contribution in [0, 0.1) is 5.92 Å². The summed E-state index contributed by atoms with van der Waals surface area (Å²) in [6.45, 7) is 0. The second-order valence-electron chi connectivity index (χ2n) is 7.58. The van der Waals surface area contributed by atoms with E-state index in [1.807, 2.05) is 72.8 Å². The highest BCUT2D eigenvalue weighted by atomic mass is 32.2. The minimum atomic E-state index is -0.763. The molecule has 0 amide bonds. The summed E-state index contributed by atoms with van der Waals surface area (Å²) in [5.41, 5.74) is 2.24. The second-order valence-corrected chi connectivity index (χ2v) is 8.86. The van der Waals surface area contributed by atoms with Crippen LogP contribution in [0.15, 0.2) is 126 Å². The molecular weight excluding hydrogens is 412 g/mol. The number of hydrogen-bond acceptors (Lipinski definition) is 3. The Kier molecular flexibility index (Phi) is 7.31. The van der Waals surface area contributed by atoms with Crippen molar-refractivity contribution in [1.29, 1.82) is 0 Å². The van der Waals surface area contributed by atoms with Crippen molar-refractivity contribution in [2.24, 2.45) is 5.92 Å². The lowest BCUT2D eigenvalue weighted by Gasteiger charge is -2.23. The fraction of sp³-hybridized carbons (Fsp3) is 0.103. The Balaban J connectivity index is 1.70. The first-order chi connectivity index (χ1) is 15.7. The molecule has 4 aromatic rings. The average Bonchev–Trinajstić information content (AvgIpc) is 2.88. The molecule has 0 bridgehead atoms. The van der Waals surface area contributed by atoms with E-state index in [4.69, 9.17) is 0 Å². The summed E-state index contributed by atoms with van der Waals surface area (Å²) in [5, 5.41) is -0.0380. The highest BCUT2D eigenvalue weighted by Gasteiger charge is 2.32. The van der Waals surface area contributed by atoms with Gasteiger partial charge < -0.3 is 0 Å². The molecule has 0 aliphatic heterocycles. The Labute approximate surface area is 193 Å². The molecule has 0 radical (unpaired) electrons. The maximum Gasteiger partial charge on any atom is 0.173 e. The van der Waals surface area contributed by atoms with Gasteiger partial charge in [0.15, 0.2) is 11.6 Å². The van der Waals surface area contributed by atoms with E-state index in [-0.39, 0.29) is 16.8 Å². The van der Waals surface area contributed by atoms with E-state index in [1.165, 1.54) is 0 Å². The maximum absolute atomic E-state index is 13.5. The standard InChI is InChI=1S/C29H24O2S/c30-28(23-15-7-2-8-16-23)26(29(31)24-17-9-3-10-18-24)21-27(22-13-5-1-6-14-22)32-25-19-11-4-12-20-25/h1-20,26-27H,21H2. The van der Waals surface area contributed by atoms with E-state index in [0.717, 1.165) is 10.5 Å². The Morgan fingerprint density at radius 1 is 0.562 bits per heavy atom. The highest BCUT2D eigenvalue weighted by Crippen LogP contribution is 2.41. The molecule has 0 aliphatic rings. The molecule has 3 heteroatoms. The minimum Gasteiger partial charge on any atom is -0.293 e. The molecule has 1 unspecified atom stereocenters. The van der Waals surface area contributed by atoms with Crippen LogP contribution in [0.4, 0.5) is 0 Å². The topological polar surface area (TPSA) is 34.1 Å². The predicted octanol–water partition coefficient (Wildman–Crippen LogP) is 7.29. The minimum absolute atomic E-state index is 0.0380. The predicted molar refractivity (Wildman–Crippen MR) is 131 cm³/mol. The van der Waals surface area contributed by atoms with E-state index in [9.17, 15) is 9.59 Å². The zero-order valence-corrected chi connectivity index (χ0v) is 18.5. The Morgan fingerprint density at radius 2 is 0.969 bits per heavy atom. The van der Waals surface area contributed by atoms with Crippen molar-refractivity contribution >= 4 is 23.3 Å². The van der Waals surface area contributed by atoms with Crippen LogP contribution in [0.25, 0.3) is 0 Å².